The number of hydrogen-bond acceptors (Lipinski definition) is 3. The number of nitrogens with one attached hydrogen (secondary N) is 1. The van der Waals surface area contributed by atoms with Crippen LogP contribution in [0.2, 0.25) is 5.02 Å². The van der Waals surface area contributed by atoms with E-state index < -0.39 is 6.04 Å². The van der Waals surface area contributed by atoms with Gasteiger partial charge in [-0.2, -0.15) is 0 Å². The van der Waals surface area contributed by atoms with Crippen molar-refractivity contribution in [2.75, 3.05) is 11.4 Å². The summed E-state index contributed by atoms with van der Waals surface area (Å²) in [6, 6.07) is 18.2. The zero-order valence-corrected chi connectivity index (χ0v) is 21.8. The maximum Gasteiger partial charge on any atom is 0.259 e. The molecular weight excluding hydrogens is 486 g/mol. The fraction of sp³-hybridized carbons (Fsp3) is 0.367. The second-order valence-corrected chi connectivity index (χ2v) is 10.4. The number of carbonyl (C=O) groups excluding carboxylic acids is 3. The Morgan fingerprint density at radius 3 is 2.43 bits per heavy atom. The minimum atomic E-state index is -0.638. The number of carbonyl (C=O) groups is 3. The maximum atomic E-state index is 13.9. The third-order valence-electron chi connectivity index (χ3n) is 7.55. The standard InChI is InChI=1S/C30H32ClN3O3/c1-2-25(29(36)32-23-10-4-3-5-11-23)33(18-20-14-16-22(31)17-15-20)27(35)19-34-26-13-7-9-21-8-6-12-24(28(21)26)30(34)37/h6-9,12-17,23,25H,2-5,10-11,18-19H2,1H3,(H,32,36)/t25-/m0/s1. The van der Waals surface area contributed by atoms with Crippen molar-refractivity contribution in [1.82, 2.24) is 10.2 Å². The largest absolute Gasteiger partial charge is 0.352 e. The molecule has 1 N–H and O–H groups in total. The van der Waals surface area contributed by atoms with Gasteiger partial charge in [-0.3, -0.25) is 19.3 Å². The molecule has 1 atom stereocenters. The van der Waals surface area contributed by atoms with Crippen LogP contribution in [0, 0.1) is 0 Å². The van der Waals surface area contributed by atoms with Crippen LogP contribution in [0.15, 0.2) is 60.7 Å². The molecule has 0 unspecified atom stereocenters. The van der Waals surface area contributed by atoms with Crippen LogP contribution in [0.1, 0.15) is 61.4 Å². The van der Waals surface area contributed by atoms with Gasteiger partial charge in [0.1, 0.15) is 12.6 Å². The molecule has 0 aromatic heterocycles. The molecule has 2 aliphatic rings. The lowest BCUT2D eigenvalue weighted by atomic mass is 9.95. The summed E-state index contributed by atoms with van der Waals surface area (Å²) in [5.74, 6) is -0.583. The van der Waals surface area contributed by atoms with Crippen molar-refractivity contribution >= 4 is 45.8 Å². The molecule has 3 aromatic rings. The van der Waals surface area contributed by atoms with Crippen LogP contribution in [-0.2, 0) is 16.1 Å². The van der Waals surface area contributed by atoms with Crippen molar-refractivity contribution in [2.45, 2.75) is 64.1 Å². The van der Waals surface area contributed by atoms with Gasteiger partial charge in [-0.25, -0.2) is 0 Å². The van der Waals surface area contributed by atoms with Crippen LogP contribution < -0.4 is 10.2 Å². The Morgan fingerprint density at radius 1 is 1.03 bits per heavy atom. The minimum absolute atomic E-state index is 0.130. The molecule has 1 fully saturated rings. The van der Waals surface area contributed by atoms with Crippen LogP contribution in [0.25, 0.3) is 10.8 Å². The topological polar surface area (TPSA) is 69.7 Å². The van der Waals surface area contributed by atoms with E-state index in [0.29, 0.717) is 17.0 Å². The van der Waals surface area contributed by atoms with Gasteiger partial charge in [-0.15, -0.1) is 0 Å². The fourth-order valence-electron chi connectivity index (χ4n) is 5.61. The number of anilines is 1. The summed E-state index contributed by atoms with van der Waals surface area (Å²) in [6.45, 7) is 2.05. The van der Waals surface area contributed by atoms with Gasteiger partial charge in [-0.1, -0.05) is 74.2 Å². The number of nitrogens with zero attached hydrogens (tertiary/aromatic N) is 2. The summed E-state index contributed by atoms with van der Waals surface area (Å²) in [7, 11) is 0. The normalized spacial score (nSPS) is 16.2. The van der Waals surface area contributed by atoms with Gasteiger partial charge in [0.2, 0.25) is 11.8 Å². The molecule has 1 saturated carbocycles. The molecule has 1 aliphatic carbocycles. The Morgan fingerprint density at radius 2 is 1.73 bits per heavy atom. The summed E-state index contributed by atoms with van der Waals surface area (Å²) in [5, 5.41) is 5.64. The first-order valence-corrected chi connectivity index (χ1v) is 13.5. The van der Waals surface area contributed by atoms with E-state index in [-0.39, 0.29) is 36.9 Å². The summed E-state index contributed by atoms with van der Waals surface area (Å²) in [6.07, 6.45) is 5.83. The van der Waals surface area contributed by atoms with E-state index in [1.165, 1.54) is 6.42 Å². The van der Waals surface area contributed by atoms with Crippen molar-refractivity contribution in [3.8, 4) is 0 Å². The molecular formula is C30H32ClN3O3. The molecule has 37 heavy (non-hydrogen) atoms. The maximum absolute atomic E-state index is 13.9. The monoisotopic (exact) mass is 517 g/mol. The van der Waals surface area contributed by atoms with E-state index in [0.717, 1.165) is 47.7 Å². The summed E-state index contributed by atoms with van der Waals surface area (Å²) in [5.41, 5.74) is 2.21. The highest BCUT2D eigenvalue weighted by Crippen LogP contribution is 2.37. The Labute approximate surface area is 222 Å². The molecule has 7 heteroatoms. The van der Waals surface area contributed by atoms with E-state index >= 15 is 0 Å². The van der Waals surface area contributed by atoms with Crippen molar-refractivity contribution in [2.24, 2.45) is 0 Å². The van der Waals surface area contributed by atoms with Gasteiger partial charge in [-0.05, 0) is 54.5 Å². The van der Waals surface area contributed by atoms with Crippen molar-refractivity contribution in [3.05, 3.63) is 76.8 Å². The van der Waals surface area contributed by atoms with E-state index in [9.17, 15) is 14.4 Å². The van der Waals surface area contributed by atoms with Gasteiger partial charge in [0.25, 0.3) is 5.91 Å². The molecule has 3 aromatic carbocycles. The van der Waals surface area contributed by atoms with Gasteiger partial charge in [0, 0.05) is 28.6 Å². The Hall–Kier alpha value is -3.38. The van der Waals surface area contributed by atoms with Gasteiger partial charge in [0.05, 0.1) is 5.69 Å². The summed E-state index contributed by atoms with van der Waals surface area (Å²) < 4.78 is 0. The SMILES string of the molecule is CC[C@@H](C(=O)NC1CCCCC1)N(Cc1ccc(Cl)cc1)C(=O)CN1C(=O)c2cccc3cccc1c23. The molecule has 192 valence electrons. The predicted octanol–water partition coefficient (Wildman–Crippen LogP) is 5.71. The molecule has 0 saturated heterocycles. The van der Waals surface area contributed by atoms with Crippen LogP contribution >= 0.6 is 11.6 Å². The van der Waals surface area contributed by atoms with Crippen LogP contribution in [-0.4, -0.2) is 41.2 Å². The second kappa shape index (κ2) is 10.9. The molecule has 0 spiro atoms. The van der Waals surface area contributed by atoms with E-state index in [1.807, 2.05) is 49.4 Å². The van der Waals surface area contributed by atoms with Crippen molar-refractivity contribution in [1.29, 1.82) is 0 Å². The Kier molecular flexibility index (Phi) is 7.47. The lowest BCUT2D eigenvalue weighted by Crippen LogP contribution is -2.53. The van der Waals surface area contributed by atoms with Gasteiger partial charge < -0.3 is 10.2 Å². The highest BCUT2D eigenvalue weighted by molar-refractivity contribution is 6.30. The Balaban J connectivity index is 1.42. The first-order valence-electron chi connectivity index (χ1n) is 13.1. The van der Waals surface area contributed by atoms with Crippen molar-refractivity contribution in [3.63, 3.8) is 0 Å². The summed E-state index contributed by atoms with van der Waals surface area (Å²) in [4.78, 5) is 43.9. The average Bonchev–Trinajstić information content (AvgIpc) is 3.18. The highest BCUT2D eigenvalue weighted by Gasteiger charge is 2.35. The molecule has 6 nitrogen and oxygen atoms in total. The quantitative estimate of drug-likeness (QED) is 0.416. The van der Waals surface area contributed by atoms with Crippen LogP contribution in [0.5, 0.6) is 0 Å². The number of amides is 3. The first kappa shape index (κ1) is 25.3. The van der Waals surface area contributed by atoms with Gasteiger partial charge in [0.15, 0.2) is 0 Å². The predicted molar refractivity (Wildman–Crippen MR) is 147 cm³/mol. The van der Waals surface area contributed by atoms with E-state index in [4.69, 9.17) is 11.6 Å². The molecule has 1 heterocycles. The lowest BCUT2D eigenvalue weighted by Gasteiger charge is -2.33. The molecule has 3 amide bonds. The van der Waals surface area contributed by atoms with Crippen molar-refractivity contribution < 1.29 is 14.4 Å². The average molecular weight is 518 g/mol. The first-order chi connectivity index (χ1) is 18.0. The van der Waals surface area contributed by atoms with Crippen LogP contribution in [0.4, 0.5) is 5.69 Å². The van der Waals surface area contributed by atoms with Gasteiger partial charge >= 0.3 is 0 Å². The minimum Gasteiger partial charge on any atom is -0.352 e. The zero-order valence-electron chi connectivity index (χ0n) is 21.1. The molecule has 5 rings (SSSR count). The number of hydrogen-bond donors (Lipinski definition) is 1. The third-order valence-corrected chi connectivity index (χ3v) is 7.80. The number of rotatable bonds is 8. The lowest BCUT2D eigenvalue weighted by molar-refractivity contribution is -0.140. The molecule has 0 radical (unpaired) electrons. The molecule has 1 aliphatic heterocycles. The van der Waals surface area contributed by atoms with E-state index in [2.05, 4.69) is 5.32 Å². The van der Waals surface area contributed by atoms with E-state index in [1.54, 1.807) is 28.0 Å². The second-order valence-electron chi connectivity index (χ2n) is 9.99. The zero-order chi connectivity index (χ0) is 25.9. The molecule has 0 bridgehead atoms. The summed E-state index contributed by atoms with van der Waals surface area (Å²) >= 11 is 6.08. The number of halogens is 1. The number of benzene rings is 3. The van der Waals surface area contributed by atoms with Crippen LogP contribution in [0.3, 0.4) is 0 Å². The Bertz CT molecular complexity index is 1310. The third kappa shape index (κ3) is 5.21. The smallest absolute Gasteiger partial charge is 0.259 e. The highest BCUT2D eigenvalue weighted by atomic mass is 35.5. The fourth-order valence-corrected chi connectivity index (χ4v) is 5.74.